The van der Waals surface area contributed by atoms with Crippen molar-refractivity contribution in [2.75, 3.05) is 19.0 Å². The Bertz CT molecular complexity index is 1310. The second-order valence-electron chi connectivity index (χ2n) is 7.42. The predicted octanol–water partition coefficient (Wildman–Crippen LogP) is 2.48. The third-order valence-corrected chi connectivity index (χ3v) is 5.04. The highest BCUT2D eigenvalue weighted by atomic mass is 19.1. The number of carbonyl (C=O) groups excluding carboxylic acids is 1. The normalized spacial score (nSPS) is 11.2. The number of aryl methyl sites for hydroxylation is 1. The van der Waals surface area contributed by atoms with Gasteiger partial charge in [-0.05, 0) is 48.9 Å². The Balaban J connectivity index is 1.54. The second-order valence-corrected chi connectivity index (χ2v) is 7.42. The number of anilines is 1. The van der Waals surface area contributed by atoms with Gasteiger partial charge in [0.1, 0.15) is 23.7 Å². The van der Waals surface area contributed by atoms with E-state index >= 15 is 0 Å². The molecule has 0 spiro atoms. The van der Waals surface area contributed by atoms with Crippen molar-refractivity contribution in [3.05, 3.63) is 76.1 Å². The summed E-state index contributed by atoms with van der Waals surface area (Å²) in [6.45, 7) is 1.91. The Kier molecular flexibility index (Phi) is 4.99. The van der Waals surface area contributed by atoms with Crippen LogP contribution in [-0.4, -0.2) is 34.2 Å². The molecule has 2 aromatic heterocycles. The summed E-state index contributed by atoms with van der Waals surface area (Å²) < 4.78 is 16.4. The van der Waals surface area contributed by atoms with Gasteiger partial charge in [-0.1, -0.05) is 12.1 Å². The molecule has 2 heterocycles. The second kappa shape index (κ2) is 7.62. The maximum absolute atomic E-state index is 13.5. The van der Waals surface area contributed by atoms with Crippen LogP contribution in [0.4, 0.5) is 10.1 Å². The van der Waals surface area contributed by atoms with Crippen LogP contribution in [0.2, 0.25) is 0 Å². The molecule has 154 valence electrons. The van der Waals surface area contributed by atoms with E-state index in [2.05, 4.69) is 10.4 Å². The predicted molar refractivity (Wildman–Crippen MR) is 114 cm³/mol. The molecule has 0 fully saturated rings. The number of aromatic nitrogens is 3. The number of benzene rings is 2. The Morgan fingerprint density at radius 3 is 2.53 bits per heavy atom. The van der Waals surface area contributed by atoms with Gasteiger partial charge in [-0.25, -0.2) is 9.07 Å². The molecular weight excluding hydrogens is 385 g/mol. The van der Waals surface area contributed by atoms with Crippen LogP contribution in [-0.2, 0) is 17.9 Å². The van der Waals surface area contributed by atoms with Crippen LogP contribution in [0.5, 0.6) is 0 Å². The number of fused-ring (bicyclic) bond motifs is 3. The molecule has 0 aliphatic heterocycles. The maximum atomic E-state index is 13.5. The smallest absolute Gasteiger partial charge is 0.291 e. The topological polar surface area (TPSA) is 71.6 Å². The molecule has 7 nitrogen and oxygen atoms in total. The summed E-state index contributed by atoms with van der Waals surface area (Å²) in [5.41, 5.74) is 2.69. The summed E-state index contributed by atoms with van der Waals surface area (Å²) >= 11 is 0. The zero-order valence-electron chi connectivity index (χ0n) is 17.0. The van der Waals surface area contributed by atoms with E-state index in [9.17, 15) is 14.0 Å². The van der Waals surface area contributed by atoms with Gasteiger partial charge in [0.05, 0.1) is 5.52 Å². The van der Waals surface area contributed by atoms with Gasteiger partial charge in [0, 0.05) is 31.7 Å². The van der Waals surface area contributed by atoms with E-state index in [0.29, 0.717) is 28.8 Å². The largest absolute Gasteiger partial charge is 0.378 e. The first kappa shape index (κ1) is 19.6. The molecule has 30 heavy (non-hydrogen) atoms. The number of nitrogens with zero attached hydrogens (tertiary/aromatic N) is 4. The van der Waals surface area contributed by atoms with Crippen LogP contribution in [0.15, 0.2) is 53.3 Å². The van der Waals surface area contributed by atoms with E-state index in [1.54, 1.807) is 23.5 Å². The number of hydrogen-bond acceptors (Lipinski definition) is 4. The fourth-order valence-electron chi connectivity index (χ4n) is 3.50. The molecule has 4 rings (SSSR count). The fourth-order valence-corrected chi connectivity index (χ4v) is 3.50. The minimum atomic E-state index is -0.400. The third-order valence-electron chi connectivity index (χ3n) is 5.04. The number of nitrogens with one attached hydrogen (secondary N) is 1. The van der Waals surface area contributed by atoms with Crippen molar-refractivity contribution in [2.45, 2.75) is 20.0 Å². The fraction of sp³-hybridized carbons (Fsp3) is 0.227. The van der Waals surface area contributed by atoms with E-state index in [1.165, 1.54) is 12.1 Å². The summed E-state index contributed by atoms with van der Waals surface area (Å²) in [5.74, 6) is -0.146. The average Bonchev–Trinajstić information content (AvgIpc) is 3.10. The van der Waals surface area contributed by atoms with Crippen molar-refractivity contribution in [2.24, 2.45) is 0 Å². The van der Waals surface area contributed by atoms with Crippen LogP contribution < -0.4 is 15.8 Å². The van der Waals surface area contributed by atoms with Gasteiger partial charge in [-0.3, -0.25) is 14.0 Å². The number of rotatable bonds is 5. The standard InChI is InChI=1S/C22H22FN5O2/c1-14-25-27(13-21(29)24-12-15-4-7-18(8-5-15)26(2)3)22(30)20-11-16-10-17(23)6-9-19(16)28(14)20/h4-11H,12-13H2,1-3H3,(H,24,29). The summed E-state index contributed by atoms with van der Waals surface area (Å²) in [7, 11) is 3.93. The van der Waals surface area contributed by atoms with Crippen molar-refractivity contribution in [3.63, 3.8) is 0 Å². The van der Waals surface area contributed by atoms with Crippen molar-refractivity contribution >= 4 is 28.0 Å². The quantitative estimate of drug-likeness (QED) is 0.552. The zero-order valence-corrected chi connectivity index (χ0v) is 17.0. The Labute approximate surface area is 172 Å². The van der Waals surface area contributed by atoms with Crippen LogP contribution in [0, 0.1) is 12.7 Å². The van der Waals surface area contributed by atoms with E-state index in [4.69, 9.17) is 0 Å². The third kappa shape index (κ3) is 3.63. The van der Waals surface area contributed by atoms with Crippen LogP contribution in [0.25, 0.3) is 16.4 Å². The molecule has 0 atom stereocenters. The van der Waals surface area contributed by atoms with E-state index in [-0.39, 0.29) is 18.3 Å². The van der Waals surface area contributed by atoms with Crippen LogP contribution in [0.3, 0.4) is 0 Å². The number of hydrogen-bond donors (Lipinski definition) is 1. The average molecular weight is 407 g/mol. The summed E-state index contributed by atoms with van der Waals surface area (Å²) in [6.07, 6.45) is 0. The molecular formula is C22H22FN5O2. The maximum Gasteiger partial charge on any atom is 0.291 e. The minimum Gasteiger partial charge on any atom is -0.378 e. The van der Waals surface area contributed by atoms with Gasteiger partial charge >= 0.3 is 0 Å². The van der Waals surface area contributed by atoms with Gasteiger partial charge in [0.2, 0.25) is 5.91 Å². The van der Waals surface area contributed by atoms with Gasteiger partial charge in [-0.2, -0.15) is 5.10 Å². The molecule has 0 radical (unpaired) electrons. The summed E-state index contributed by atoms with van der Waals surface area (Å²) in [4.78, 5) is 27.2. The number of halogens is 1. The molecule has 0 saturated carbocycles. The lowest BCUT2D eigenvalue weighted by molar-refractivity contribution is -0.122. The molecule has 0 aliphatic rings. The van der Waals surface area contributed by atoms with Crippen LogP contribution >= 0.6 is 0 Å². The lowest BCUT2D eigenvalue weighted by Gasteiger charge is -2.13. The highest BCUT2D eigenvalue weighted by Crippen LogP contribution is 2.20. The van der Waals surface area contributed by atoms with E-state index < -0.39 is 5.56 Å². The lowest BCUT2D eigenvalue weighted by atomic mass is 10.2. The number of carbonyl (C=O) groups is 1. The lowest BCUT2D eigenvalue weighted by Crippen LogP contribution is -2.34. The molecule has 1 N–H and O–H groups in total. The van der Waals surface area contributed by atoms with E-state index in [0.717, 1.165) is 15.9 Å². The van der Waals surface area contributed by atoms with Crippen molar-refractivity contribution < 1.29 is 9.18 Å². The Morgan fingerprint density at radius 1 is 1.10 bits per heavy atom. The molecule has 2 aromatic carbocycles. The molecule has 1 amide bonds. The first-order valence-electron chi connectivity index (χ1n) is 9.55. The van der Waals surface area contributed by atoms with Crippen molar-refractivity contribution in [3.8, 4) is 0 Å². The molecule has 0 saturated heterocycles. The summed E-state index contributed by atoms with van der Waals surface area (Å²) in [6, 6.07) is 13.8. The molecule has 0 aliphatic carbocycles. The first-order chi connectivity index (χ1) is 14.3. The zero-order chi connectivity index (χ0) is 21.4. The molecule has 0 unspecified atom stereocenters. The Hall–Kier alpha value is -3.68. The SMILES string of the molecule is Cc1nn(CC(=O)NCc2ccc(N(C)C)cc2)c(=O)c2cc3cc(F)ccc3n12. The highest BCUT2D eigenvalue weighted by molar-refractivity contribution is 5.87. The summed E-state index contributed by atoms with van der Waals surface area (Å²) in [5, 5.41) is 7.71. The van der Waals surface area contributed by atoms with Gasteiger partial charge in [0.15, 0.2) is 0 Å². The minimum absolute atomic E-state index is 0.193. The van der Waals surface area contributed by atoms with Crippen LogP contribution in [0.1, 0.15) is 11.4 Å². The van der Waals surface area contributed by atoms with E-state index in [1.807, 2.05) is 43.3 Å². The van der Waals surface area contributed by atoms with Gasteiger partial charge in [-0.15, -0.1) is 0 Å². The van der Waals surface area contributed by atoms with Gasteiger partial charge < -0.3 is 10.2 Å². The Morgan fingerprint density at radius 2 is 1.83 bits per heavy atom. The monoisotopic (exact) mass is 407 g/mol. The first-order valence-corrected chi connectivity index (χ1v) is 9.55. The van der Waals surface area contributed by atoms with Crippen molar-refractivity contribution in [1.29, 1.82) is 0 Å². The molecule has 8 heteroatoms. The van der Waals surface area contributed by atoms with Gasteiger partial charge in [0.25, 0.3) is 5.56 Å². The number of amides is 1. The highest BCUT2D eigenvalue weighted by Gasteiger charge is 2.14. The molecule has 0 bridgehead atoms. The van der Waals surface area contributed by atoms with Crippen molar-refractivity contribution in [1.82, 2.24) is 19.5 Å². The molecule has 4 aromatic rings.